The van der Waals surface area contributed by atoms with Crippen molar-refractivity contribution in [2.75, 3.05) is 0 Å². The first-order valence-corrected chi connectivity index (χ1v) is 7.47. The molecule has 0 bridgehead atoms. The van der Waals surface area contributed by atoms with Crippen LogP contribution in [0.15, 0.2) is 48.5 Å². The second-order valence-corrected chi connectivity index (χ2v) is 5.43. The first kappa shape index (κ1) is 17.7. The summed E-state index contributed by atoms with van der Waals surface area (Å²) in [4.78, 5) is 22.9. The molecule has 24 heavy (non-hydrogen) atoms. The van der Waals surface area contributed by atoms with E-state index in [4.69, 9.17) is 21.4 Å². The van der Waals surface area contributed by atoms with Crippen LogP contribution in [0.2, 0.25) is 5.02 Å². The third-order valence-corrected chi connectivity index (χ3v) is 3.55. The van der Waals surface area contributed by atoms with Crippen molar-refractivity contribution in [1.29, 1.82) is 0 Å². The number of alkyl carbamates (subject to hydrolysis) is 1. The summed E-state index contributed by atoms with van der Waals surface area (Å²) in [6.45, 7) is 0.0453. The summed E-state index contributed by atoms with van der Waals surface area (Å²) in [6.07, 6.45) is -1.20. The topological polar surface area (TPSA) is 75.6 Å². The van der Waals surface area contributed by atoms with E-state index in [9.17, 15) is 14.0 Å². The first-order chi connectivity index (χ1) is 11.5. The van der Waals surface area contributed by atoms with E-state index in [-0.39, 0.29) is 11.6 Å². The molecule has 0 aliphatic heterocycles. The highest BCUT2D eigenvalue weighted by molar-refractivity contribution is 6.31. The van der Waals surface area contributed by atoms with Gasteiger partial charge in [-0.25, -0.2) is 9.18 Å². The van der Waals surface area contributed by atoms with Crippen LogP contribution < -0.4 is 5.32 Å². The van der Waals surface area contributed by atoms with Crippen LogP contribution in [0.3, 0.4) is 0 Å². The lowest BCUT2D eigenvalue weighted by atomic mass is 10.0. The molecule has 5 nitrogen and oxygen atoms in total. The highest BCUT2D eigenvalue weighted by Crippen LogP contribution is 2.26. The summed E-state index contributed by atoms with van der Waals surface area (Å²) in [5, 5.41) is 11.5. The highest BCUT2D eigenvalue weighted by atomic mass is 35.5. The zero-order chi connectivity index (χ0) is 17.5. The molecular formula is C17H15ClFNO4. The summed E-state index contributed by atoms with van der Waals surface area (Å²) in [5.74, 6) is -1.69. The van der Waals surface area contributed by atoms with Crippen molar-refractivity contribution in [3.8, 4) is 0 Å². The van der Waals surface area contributed by atoms with Gasteiger partial charge in [0, 0.05) is 5.02 Å². The standard InChI is InChI=1S/C17H15ClFNO4/c18-14-8-12(19)6-7-13(14)15(9-16(21)22)20-17(23)24-10-11-4-2-1-3-5-11/h1-8,15H,9-10H2,(H,20,23)(H,21,22)/t15-/m1/s1. The quantitative estimate of drug-likeness (QED) is 0.827. The van der Waals surface area contributed by atoms with Crippen LogP contribution in [-0.4, -0.2) is 17.2 Å². The van der Waals surface area contributed by atoms with Crippen molar-refractivity contribution in [2.45, 2.75) is 19.1 Å². The number of rotatable bonds is 6. The van der Waals surface area contributed by atoms with Crippen LogP contribution >= 0.6 is 11.6 Å². The molecule has 126 valence electrons. The Morgan fingerprint density at radius 3 is 2.54 bits per heavy atom. The van der Waals surface area contributed by atoms with Gasteiger partial charge in [0.15, 0.2) is 0 Å². The number of carboxylic acid groups (broad SMARTS) is 1. The number of amides is 1. The minimum atomic E-state index is -1.14. The molecule has 0 unspecified atom stereocenters. The van der Waals surface area contributed by atoms with E-state index in [1.54, 1.807) is 12.1 Å². The molecular weight excluding hydrogens is 337 g/mol. The summed E-state index contributed by atoms with van der Waals surface area (Å²) in [7, 11) is 0. The van der Waals surface area contributed by atoms with Crippen LogP contribution in [0.4, 0.5) is 9.18 Å². The lowest BCUT2D eigenvalue weighted by Gasteiger charge is -2.18. The Balaban J connectivity index is 2.05. The number of halogens is 2. The van der Waals surface area contributed by atoms with Gasteiger partial charge in [-0.2, -0.15) is 0 Å². The van der Waals surface area contributed by atoms with Crippen LogP contribution in [0.5, 0.6) is 0 Å². The number of carboxylic acids is 1. The van der Waals surface area contributed by atoms with Gasteiger partial charge in [0.25, 0.3) is 0 Å². The molecule has 0 saturated carbocycles. The molecule has 2 rings (SSSR count). The van der Waals surface area contributed by atoms with Crippen LogP contribution in [0.1, 0.15) is 23.6 Å². The lowest BCUT2D eigenvalue weighted by molar-refractivity contribution is -0.137. The number of benzene rings is 2. The molecule has 2 N–H and O–H groups in total. The van der Waals surface area contributed by atoms with E-state index >= 15 is 0 Å². The number of hydrogen-bond acceptors (Lipinski definition) is 3. The summed E-state index contributed by atoms with van der Waals surface area (Å²) >= 11 is 5.94. The van der Waals surface area contributed by atoms with Gasteiger partial charge in [0.1, 0.15) is 12.4 Å². The molecule has 0 heterocycles. The number of carbonyl (C=O) groups is 2. The molecule has 1 amide bonds. The Kier molecular flexibility index (Phi) is 6.14. The van der Waals surface area contributed by atoms with Crippen LogP contribution in [-0.2, 0) is 16.1 Å². The molecule has 0 aliphatic carbocycles. The number of hydrogen-bond donors (Lipinski definition) is 2. The first-order valence-electron chi connectivity index (χ1n) is 7.09. The Bertz CT molecular complexity index is 724. The Labute approximate surface area is 143 Å². The van der Waals surface area contributed by atoms with Gasteiger partial charge < -0.3 is 15.2 Å². The van der Waals surface area contributed by atoms with Crippen molar-refractivity contribution >= 4 is 23.7 Å². The molecule has 0 aliphatic rings. The van der Waals surface area contributed by atoms with E-state index in [1.165, 1.54) is 6.07 Å². The Morgan fingerprint density at radius 2 is 1.92 bits per heavy atom. The van der Waals surface area contributed by atoms with Gasteiger partial charge in [-0.1, -0.05) is 48.0 Å². The number of carbonyl (C=O) groups excluding carboxylic acids is 1. The molecule has 2 aromatic carbocycles. The molecule has 0 aromatic heterocycles. The predicted molar refractivity (Wildman–Crippen MR) is 86.2 cm³/mol. The largest absolute Gasteiger partial charge is 0.481 e. The van der Waals surface area contributed by atoms with E-state index in [0.717, 1.165) is 17.7 Å². The van der Waals surface area contributed by atoms with E-state index < -0.39 is 30.3 Å². The Hall–Kier alpha value is -2.60. The molecule has 0 fully saturated rings. The van der Waals surface area contributed by atoms with Crippen molar-refractivity contribution < 1.29 is 23.8 Å². The maximum atomic E-state index is 13.1. The fourth-order valence-electron chi connectivity index (χ4n) is 2.10. The molecule has 7 heteroatoms. The van der Waals surface area contributed by atoms with Crippen molar-refractivity contribution in [3.05, 3.63) is 70.5 Å². The molecule has 1 atom stereocenters. The number of aliphatic carboxylic acids is 1. The minimum absolute atomic E-state index is 0.0320. The molecule has 2 aromatic rings. The zero-order valence-electron chi connectivity index (χ0n) is 12.5. The van der Waals surface area contributed by atoms with Crippen molar-refractivity contribution in [3.63, 3.8) is 0 Å². The number of nitrogens with one attached hydrogen (secondary N) is 1. The maximum absolute atomic E-state index is 13.1. The van der Waals surface area contributed by atoms with Crippen LogP contribution in [0, 0.1) is 5.82 Å². The van der Waals surface area contributed by atoms with Gasteiger partial charge in [-0.3, -0.25) is 4.79 Å². The predicted octanol–water partition coefficient (Wildman–Crippen LogP) is 3.92. The van der Waals surface area contributed by atoms with Gasteiger partial charge >= 0.3 is 12.1 Å². The van der Waals surface area contributed by atoms with Crippen LogP contribution in [0.25, 0.3) is 0 Å². The van der Waals surface area contributed by atoms with Gasteiger partial charge in [0.05, 0.1) is 12.5 Å². The van der Waals surface area contributed by atoms with E-state index in [2.05, 4.69) is 5.32 Å². The average Bonchev–Trinajstić information content (AvgIpc) is 2.53. The smallest absolute Gasteiger partial charge is 0.407 e. The number of ether oxygens (including phenoxy) is 1. The van der Waals surface area contributed by atoms with Crippen molar-refractivity contribution in [1.82, 2.24) is 5.32 Å². The second kappa shape index (κ2) is 8.31. The molecule has 0 spiro atoms. The zero-order valence-corrected chi connectivity index (χ0v) is 13.3. The Morgan fingerprint density at radius 1 is 1.21 bits per heavy atom. The average molecular weight is 352 g/mol. The molecule has 0 radical (unpaired) electrons. The highest BCUT2D eigenvalue weighted by Gasteiger charge is 2.21. The second-order valence-electron chi connectivity index (χ2n) is 5.02. The summed E-state index contributed by atoms with van der Waals surface area (Å²) < 4.78 is 18.2. The van der Waals surface area contributed by atoms with E-state index in [0.29, 0.717) is 5.56 Å². The fraction of sp³-hybridized carbons (Fsp3) is 0.176. The van der Waals surface area contributed by atoms with Gasteiger partial charge in [-0.05, 0) is 23.3 Å². The maximum Gasteiger partial charge on any atom is 0.407 e. The normalized spacial score (nSPS) is 11.6. The lowest BCUT2D eigenvalue weighted by Crippen LogP contribution is -2.30. The van der Waals surface area contributed by atoms with Crippen molar-refractivity contribution in [2.24, 2.45) is 0 Å². The third kappa shape index (κ3) is 5.24. The van der Waals surface area contributed by atoms with E-state index in [1.807, 2.05) is 18.2 Å². The minimum Gasteiger partial charge on any atom is -0.481 e. The fourth-order valence-corrected chi connectivity index (χ4v) is 2.40. The summed E-state index contributed by atoms with van der Waals surface area (Å²) in [6, 6.07) is 11.6. The monoisotopic (exact) mass is 351 g/mol. The summed E-state index contributed by atoms with van der Waals surface area (Å²) in [5.41, 5.74) is 1.10. The van der Waals surface area contributed by atoms with Gasteiger partial charge in [-0.15, -0.1) is 0 Å². The van der Waals surface area contributed by atoms with Gasteiger partial charge in [0.2, 0.25) is 0 Å². The third-order valence-electron chi connectivity index (χ3n) is 3.22. The SMILES string of the molecule is O=C(O)C[C@@H](NC(=O)OCc1ccccc1)c1ccc(F)cc1Cl. The molecule has 0 saturated heterocycles.